The summed E-state index contributed by atoms with van der Waals surface area (Å²) >= 11 is 11.7. The summed E-state index contributed by atoms with van der Waals surface area (Å²) in [5.74, 6) is -0.240. The summed E-state index contributed by atoms with van der Waals surface area (Å²) in [5, 5.41) is 3.03. The van der Waals surface area contributed by atoms with Crippen LogP contribution in [0.25, 0.3) is 0 Å². The van der Waals surface area contributed by atoms with Crippen molar-refractivity contribution in [3.05, 3.63) is 46.5 Å². The predicted octanol–water partition coefficient (Wildman–Crippen LogP) is 4.00. The summed E-state index contributed by atoms with van der Waals surface area (Å²) < 4.78 is 28.6. The molecule has 0 fully saturated rings. The molecule has 1 aromatic heterocycles. The van der Waals surface area contributed by atoms with E-state index in [1.165, 1.54) is 18.5 Å². The quantitative estimate of drug-likeness (QED) is 0.905. The number of hydrogen-bond acceptors (Lipinski definition) is 4. The fourth-order valence-electron chi connectivity index (χ4n) is 1.48. The zero-order chi connectivity index (χ0) is 14.5. The molecule has 20 heavy (non-hydrogen) atoms. The number of benzene rings is 1. The van der Waals surface area contributed by atoms with Gasteiger partial charge in [0.05, 0.1) is 22.3 Å². The van der Waals surface area contributed by atoms with Gasteiger partial charge in [0.2, 0.25) is 0 Å². The minimum Gasteiger partial charge on any atom is -0.432 e. The molecule has 0 saturated carbocycles. The summed E-state index contributed by atoms with van der Waals surface area (Å²) in [6.45, 7) is -2.56. The van der Waals surface area contributed by atoms with Crippen molar-refractivity contribution < 1.29 is 13.5 Å². The maximum atomic E-state index is 12.2. The van der Waals surface area contributed by atoms with Crippen LogP contribution in [0.4, 0.5) is 14.5 Å². The molecule has 0 unspecified atom stereocenters. The van der Waals surface area contributed by atoms with Gasteiger partial charge in [0, 0.05) is 11.9 Å². The van der Waals surface area contributed by atoms with Crippen LogP contribution in [0.15, 0.2) is 30.7 Å². The highest BCUT2D eigenvalue weighted by Crippen LogP contribution is 2.37. The maximum Gasteiger partial charge on any atom is 0.387 e. The number of rotatable bonds is 5. The standard InChI is InChI=1S/C12H9Cl2F2N3O/c13-9-3-8(4-10(14)11(9)20-12(15)16)18-5-7-1-2-17-6-19-7/h1-4,6,12,18H,5H2. The van der Waals surface area contributed by atoms with Crippen LogP contribution in [0.3, 0.4) is 0 Å². The molecule has 2 aromatic rings. The van der Waals surface area contributed by atoms with Crippen molar-refractivity contribution in [3.63, 3.8) is 0 Å². The molecule has 1 heterocycles. The summed E-state index contributed by atoms with van der Waals surface area (Å²) in [5.41, 5.74) is 1.33. The highest BCUT2D eigenvalue weighted by molar-refractivity contribution is 6.37. The average Bonchev–Trinajstić information content (AvgIpc) is 2.41. The molecule has 106 valence electrons. The molecule has 4 nitrogen and oxygen atoms in total. The van der Waals surface area contributed by atoms with Gasteiger partial charge in [0.15, 0.2) is 5.75 Å². The third-order valence-corrected chi connectivity index (χ3v) is 2.88. The maximum absolute atomic E-state index is 12.2. The van der Waals surface area contributed by atoms with Gasteiger partial charge < -0.3 is 10.1 Å². The minimum absolute atomic E-state index is 0.00277. The SMILES string of the molecule is FC(F)Oc1c(Cl)cc(NCc2ccncn2)cc1Cl. The van der Waals surface area contributed by atoms with E-state index in [1.807, 2.05) is 0 Å². The lowest BCUT2D eigenvalue weighted by atomic mass is 10.3. The second-order valence-electron chi connectivity index (χ2n) is 3.70. The zero-order valence-electron chi connectivity index (χ0n) is 9.99. The molecule has 0 spiro atoms. The van der Waals surface area contributed by atoms with Crippen LogP contribution < -0.4 is 10.1 Å². The molecule has 0 radical (unpaired) electrons. The number of anilines is 1. The van der Waals surface area contributed by atoms with Gasteiger partial charge in [-0.3, -0.25) is 0 Å². The van der Waals surface area contributed by atoms with Gasteiger partial charge in [-0.2, -0.15) is 8.78 Å². The lowest BCUT2D eigenvalue weighted by Crippen LogP contribution is -2.05. The summed E-state index contributed by atoms with van der Waals surface area (Å²) in [6.07, 6.45) is 3.04. The zero-order valence-corrected chi connectivity index (χ0v) is 11.5. The topological polar surface area (TPSA) is 47.0 Å². The van der Waals surface area contributed by atoms with Crippen LogP contribution >= 0.6 is 23.2 Å². The number of nitrogens with one attached hydrogen (secondary N) is 1. The fraction of sp³-hybridized carbons (Fsp3) is 0.167. The largest absolute Gasteiger partial charge is 0.432 e. The fourth-order valence-corrected chi connectivity index (χ4v) is 2.06. The second kappa shape index (κ2) is 6.67. The van der Waals surface area contributed by atoms with E-state index in [0.29, 0.717) is 12.2 Å². The van der Waals surface area contributed by atoms with Crippen LogP contribution in [0.2, 0.25) is 10.0 Å². The first-order valence-corrected chi connectivity index (χ1v) is 6.24. The van der Waals surface area contributed by atoms with Crippen LogP contribution in [0.1, 0.15) is 5.69 Å². The molecular weight excluding hydrogens is 311 g/mol. The first kappa shape index (κ1) is 14.7. The van der Waals surface area contributed by atoms with Gasteiger partial charge in [0.25, 0.3) is 0 Å². The van der Waals surface area contributed by atoms with Gasteiger partial charge >= 0.3 is 6.61 Å². The Kier molecular flexibility index (Phi) is 4.92. The molecule has 8 heteroatoms. The summed E-state index contributed by atoms with van der Waals surface area (Å²) in [7, 11) is 0. The first-order valence-electron chi connectivity index (χ1n) is 5.49. The molecule has 0 amide bonds. The Morgan fingerprint density at radius 2 is 1.95 bits per heavy atom. The van der Waals surface area contributed by atoms with E-state index in [4.69, 9.17) is 23.2 Å². The monoisotopic (exact) mass is 319 g/mol. The average molecular weight is 320 g/mol. The van der Waals surface area contributed by atoms with Crippen LogP contribution in [-0.2, 0) is 6.54 Å². The van der Waals surface area contributed by atoms with Crippen LogP contribution in [-0.4, -0.2) is 16.6 Å². The van der Waals surface area contributed by atoms with E-state index < -0.39 is 6.61 Å². The number of hydrogen-bond donors (Lipinski definition) is 1. The van der Waals surface area contributed by atoms with Crippen molar-refractivity contribution in [2.45, 2.75) is 13.2 Å². The number of alkyl halides is 2. The Labute approximate surface area is 123 Å². The second-order valence-corrected chi connectivity index (χ2v) is 4.52. The number of halogens is 4. The molecule has 0 bridgehead atoms. The molecule has 0 saturated heterocycles. The number of nitrogens with zero attached hydrogens (tertiary/aromatic N) is 2. The Morgan fingerprint density at radius 1 is 1.25 bits per heavy atom. The van der Waals surface area contributed by atoms with Crippen LogP contribution in [0.5, 0.6) is 5.75 Å². The van der Waals surface area contributed by atoms with E-state index in [-0.39, 0.29) is 15.8 Å². The Bertz CT molecular complexity index is 561. The van der Waals surface area contributed by atoms with E-state index in [0.717, 1.165) is 5.69 Å². The van der Waals surface area contributed by atoms with Crippen molar-refractivity contribution >= 4 is 28.9 Å². The lowest BCUT2D eigenvalue weighted by molar-refractivity contribution is -0.0497. The third-order valence-electron chi connectivity index (χ3n) is 2.32. The van der Waals surface area contributed by atoms with E-state index in [2.05, 4.69) is 20.0 Å². The van der Waals surface area contributed by atoms with Gasteiger partial charge in [-0.05, 0) is 18.2 Å². The highest BCUT2D eigenvalue weighted by atomic mass is 35.5. The molecular formula is C12H9Cl2F2N3O. The van der Waals surface area contributed by atoms with Crippen molar-refractivity contribution in [1.29, 1.82) is 0 Å². The molecule has 0 aliphatic heterocycles. The van der Waals surface area contributed by atoms with E-state index in [1.54, 1.807) is 12.3 Å². The van der Waals surface area contributed by atoms with Gasteiger partial charge in [-0.15, -0.1) is 0 Å². The van der Waals surface area contributed by atoms with Crippen molar-refractivity contribution in [3.8, 4) is 5.75 Å². The smallest absolute Gasteiger partial charge is 0.387 e. The Hall–Kier alpha value is -1.66. The summed E-state index contributed by atoms with van der Waals surface area (Å²) in [6, 6.07) is 4.64. The third kappa shape index (κ3) is 3.91. The van der Waals surface area contributed by atoms with Crippen molar-refractivity contribution in [1.82, 2.24) is 9.97 Å². The number of ether oxygens (including phenoxy) is 1. The van der Waals surface area contributed by atoms with Gasteiger partial charge in [0.1, 0.15) is 6.33 Å². The Balaban J connectivity index is 2.10. The molecule has 1 aromatic carbocycles. The predicted molar refractivity (Wildman–Crippen MR) is 72.5 cm³/mol. The summed E-state index contributed by atoms with van der Waals surface area (Å²) in [4.78, 5) is 7.83. The van der Waals surface area contributed by atoms with Gasteiger partial charge in [-0.1, -0.05) is 23.2 Å². The van der Waals surface area contributed by atoms with Gasteiger partial charge in [-0.25, -0.2) is 9.97 Å². The molecule has 2 rings (SSSR count). The molecule has 0 aliphatic carbocycles. The molecule has 0 atom stereocenters. The van der Waals surface area contributed by atoms with E-state index >= 15 is 0 Å². The van der Waals surface area contributed by atoms with Crippen molar-refractivity contribution in [2.75, 3.05) is 5.32 Å². The first-order chi connectivity index (χ1) is 9.56. The minimum atomic E-state index is -2.98. The lowest BCUT2D eigenvalue weighted by Gasteiger charge is -2.12. The van der Waals surface area contributed by atoms with Crippen LogP contribution in [0, 0.1) is 0 Å². The normalized spacial score (nSPS) is 10.7. The Morgan fingerprint density at radius 3 is 2.50 bits per heavy atom. The molecule has 0 aliphatic rings. The molecule has 1 N–H and O–H groups in total. The van der Waals surface area contributed by atoms with E-state index in [9.17, 15) is 8.78 Å². The highest BCUT2D eigenvalue weighted by Gasteiger charge is 2.14. The van der Waals surface area contributed by atoms with Crippen molar-refractivity contribution in [2.24, 2.45) is 0 Å². The number of aromatic nitrogens is 2.